The molecule has 39 heavy (non-hydrogen) atoms. The van der Waals surface area contributed by atoms with Crippen molar-refractivity contribution < 1.29 is 25.5 Å². The Morgan fingerprint density at radius 1 is 0.718 bits per heavy atom. The zero-order valence-electron chi connectivity index (χ0n) is 20.0. The molecular formula is C27H16N4O6S2. The molecule has 0 aliphatic heterocycles. The highest BCUT2D eigenvalue weighted by Crippen LogP contribution is 2.46. The molecule has 0 amide bonds. The molecule has 8 rings (SSSR count). The van der Waals surface area contributed by atoms with Gasteiger partial charge in [-0.2, -0.15) is 8.42 Å². The van der Waals surface area contributed by atoms with E-state index in [0.29, 0.717) is 39.0 Å². The van der Waals surface area contributed by atoms with Gasteiger partial charge in [0.25, 0.3) is 0 Å². The van der Waals surface area contributed by atoms with Crippen molar-refractivity contribution in [3.05, 3.63) is 72.8 Å². The van der Waals surface area contributed by atoms with Gasteiger partial charge in [-0.25, -0.2) is 14.2 Å². The van der Waals surface area contributed by atoms with E-state index >= 15 is 0 Å². The minimum absolute atomic E-state index is 0.0508. The van der Waals surface area contributed by atoms with E-state index in [1.807, 2.05) is 77.2 Å². The van der Waals surface area contributed by atoms with E-state index in [-0.39, 0.29) is 18.2 Å². The molecule has 0 saturated carbocycles. The van der Waals surface area contributed by atoms with Gasteiger partial charge in [0, 0.05) is 32.3 Å². The Kier molecular flexibility index (Phi) is 4.54. The van der Waals surface area contributed by atoms with Gasteiger partial charge in [0.2, 0.25) is 24.1 Å². The molecule has 192 valence electrons. The molecule has 10 nitrogen and oxygen atoms in total. The van der Waals surface area contributed by atoms with Crippen LogP contribution in [0.25, 0.3) is 65.7 Å². The van der Waals surface area contributed by atoms with Crippen LogP contribution in [-0.2, 0) is 14.6 Å². The fraction of sp³-hybridized carbons (Fsp3) is 0.0370. The van der Waals surface area contributed by atoms with Crippen molar-refractivity contribution in [1.82, 2.24) is 18.8 Å². The highest BCUT2D eigenvalue weighted by molar-refractivity contribution is 7.89. The first-order valence-corrected chi connectivity index (χ1v) is 13.8. The standard InChI is InChI=1S/C27H16N4O6S2/c1-35-39(33,34)37-27-17-13-11-14-22-16(26(36-38-32)30-20-8-4-2-6-18(20)28-24(14)30)12-10-15(23(17)22)25-29-19-7-3-5-9-21(19)31(25)27/h2-13,32H,1H3. The van der Waals surface area contributed by atoms with Crippen molar-refractivity contribution in [3.63, 3.8) is 0 Å². The quantitative estimate of drug-likeness (QED) is 0.203. The van der Waals surface area contributed by atoms with E-state index in [4.69, 9.17) is 18.3 Å². The lowest BCUT2D eigenvalue weighted by Gasteiger charge is -2.18. The number of aromatic nitrogens is 4. The second-order valence-electron chi connectivity index (χ2n) is 9.02. The molecular weight excluding hydrogens is 540 g/mol. The van der Waals surface area contributed by atoms with Crippen LogP contribution >= 0.6 is 12.3 Å². The molecule has 1 N–H and O–H groups in total. The molecule has 4 aromatic carbocycles. The number of hydrogen-bond donors (Lipinski definition) is 1. The Labute approximate surface area is 224 Å². The van der Waals surface area contributed by atoms with Crippen LogP contribution in [-0.4, -0.2) is 38.8 Å². The predicted molar refractivity (Wildman–Crippen MR) is 150 cm³/mol. The maximum Gasteiger partial charge on any atom is 0.450 e. The minimum Gasteiger partial charge on any atom is -0.380 e. The Morgan fingerprint density at radius 2 is 1.21 bits per heavy atom. The molecule has 0 unspecified atom stereocenters. The third kappa shape index (κ3) is 2.96. The first-order chi connectivity index (χ1) is 19.0. The van der Waals surface area contributed by atoms with E-state index in [2.05, 4.69) is 4.18 Å². The number of imidazole rings is 2. The van der Waals surface area contributed by atoms with Crippen molar-refractivity contribution in [2.75, 3.05) is 7.11 Å². The Balaban J connectivity index is 1.66. The Bertz CT molecular complexity index is 2400. The van der Waals surface area contributed by atoms with Crippen molar-refractivity contribution in [2.45, 2.75) is 0 Å². The van der Waals surface area contributed by atoms with Crippen LogP contribution in [0.1, 0.15) is 0 Å². The average Bonchev–Trinajstić information content (AvgIpc) is 3.53. The second-order valence-corrected chi connectivity index (χ2v) is 10.6. The molecule has 0 aliphatic carbocycles. The fourth-order valence-electron chi connectivity index (χ4n) is 5.62. The van der Waals surface area contributed by atoms with Gasteiger partial charge in [-0.15, -0.1) is 0 Å². The normalized spacial score (nSPS) is 12.8. The van der Waals surface area contributed by atoms with Gasteiger partial charge in [-0.05, 0) is 48.5 Å². The first-order valence-electron chi connectivity index (χ1n) is 11.8. The number of rotatable bonds is 5. The molecule has 0 atom stereocenters. The first kappa shape index (κ1) is 22.6. The number of para-hydroxylation sites is 4. The van der Waals surface area contributed by atoms with Crippen LogP contribution in [0.5, 0.6) is 11.8 Å². The summed E-state index contributed by atoms with van der Waals surface area (Å²) in [5.74, 6) is 0.434. The zero-order chi connectivity index (χ0) is 26.5. The average molecular weight is 557 g/mol. The van der Waals surface area contributed by atoms with Crippen LogP contribution in [0.15, 0.2) is 72.8 Å². The third-order valence-corrected chi connectivity index (χ3v) is 8.14. The van der Waals surface area contributed by atoms with Crippen LogP contribution in [0.4, 0.5) is 0 Å². The van der Waals surface area contributed by atoms with Gasteiger partial charge in [-0.3, -0.25) is 13.4 Å². The van der Waals surface area contributed by atoms with Crippen LogP contribution < -0.4 is 8.37 Å². The van der Waals surface area contributed by atoms with Crippen LogP contribution in [0.2, 0.25) is 0 Å². The largest absolute Gasteiger partial charge is 0.450 e. The van der Waals surface area contributed by atoms with Crippen LogP contribution in [0, 0.1) is 0 Å². The number of hydrogen-bond acceptors (Lipinski definition) is 9. The van der Waals surface area contributed by atoms with Gasteiger partial charge in [0.1, 0.15) is 11.3 Å². The summed E-state index contributed by atoms with van der Waals surface area (Å²) in [5.41, 5.74) is 4.09. The fourth-order valence-corrected chi connectivity index (χ4v) is 6.28. The zero-order valence-corrected chi connectivity index (χ0v) is 21.7. The van der Waals surface area contributed by atoms with Crippen molar-refractivity contribution >= 4 is 88.4 Å². The molecule has 12 heteroatoms. The van der Waals surface area contributed by atoms with Gasteiger partial charge in [0.15, 0.2) is 0 Å². The molecule has 0 radical (unpaired) electrons. The van der Waals surface area contributed by atoms with E-state index in [1.165, 1.54) is 0 Å². The molecule has 0 aliphatic rings. The summed E-state index contributed by atoms with van der Waals surface area (Å²) in [5, 5.41) is 4.31. The highest BCUT2D eigenvalue weighted by Gasteiger charge is 2.27. The predicted octanol–water partition coefficient (Wildman–Crippen LogP) is 5.96. The molecule has 0 bridgehead atoms. The number of benzene rings is 4. The van der Waals surface area contributed by atoms with E-state index < -0.39 is 10.4 Å². The lowest BCUT2D eigenvalue weighted by Crippen LogP contribution is -2.13. The number of nitrogens with zero attached hydrogens (tertiary/aromatic N) is 4. The van der Waals surface area contributed by atoms with Crippen molar-refractivity contribution in [3.8, 4) is 11.8 Å². The van der Waals surface area contributed by atoms with E-state index in [1.54, 1.807) is 4.40 Å². The highest BCUT2D eigenvalue weighted by atomic mass is 32.3. The van der Waals surface area contributed by atoms with Crippen molar-refractivity contribution in [1.29, 1.82) is 0 Å². The molecule has 0 fully saturated rings. The summed E-state index contributed by atoms with van der Waals surface area (Å²) >= 11 is 0.246. The summed E-state index contributed by atoms with van der Waals surface area (Å²) in [6, 6.07) is 22.6. The molecule has 4 heterocycles. The molecule has 8 aromatic rings. The van der Waals surface area contributed by atoms with Crippen LogP contribution in [0.3, 0.4) is 0 Å². The Morgan fingerprint density at radius 3 is 1.74 bits per heavy atom. The minimum atomic E-state index is -4.37. The molecule has 0 spiro atoms. The molecule has 4 aromatic heterocycles. The monoisotopic (exact) mass is 556 g/mol. The molecule has 0 saturated heterocycles. The van der Waals surface area contributed by atoms with Gasteiger partial charge < -0.3 is 8.37 Å². The number of pyridine rings is 2. The third-order valence-electron chi connectivity index (χ3n) is 7.13. The SMILES string of the molecule is COS(=O)(=O)Oc1c2ccc3c4c(ccc(c24)c2nc4ccccc4n12)c(OSO)n1c2ccccc2nc31. The summed E-state index contributed by atoms with van der Waals surface area (Å²) in [6.45, 7) is 0. The second kappa shape index (κ2) is 7.83. The van der Waals surface area contributed by atoms with Gasteiger partial charge in [-0.1, -0.05) is 24.3 Å². The summed E-state index contributed by atoms with van der Waals surface area (Å²) in [7, 11) is -3.33. The van der Waals surface area contributed by atoms with Gasteiger partial charge >= 0.3 is 10.4 Å². The van der Waals surface area contributed by atoms with E-state index in [9.17, 15) is 13.0 Å². The smallest absolute Gasteiger partial charge is 0.380 e. The lowest BCUT2D eigenvalue weighted by atomic mass is 9.96. The maximum atomic E-state index is 12.6. The number of fused-ring (bicyclic) bond motifs is 8. The summed E-state index contributed by atoms with van der Waals surface area (Å²) < 4.78 is 54.5. The lowest BCUT2D eigenvalue weighted by molar-refractivity contribution is 0.327. The Hall–Kier alpha value is -4.36. The summed E-state index contributed by atoms with van der Waals surface area (Å²) in [6.07, 6.45) is 0. The summed E-state index contributed by atoms with van der Waals surface area (Å²) in [4.78, 5) is 9.72. The maximum absolute atomic E-state index is 12.6. The van der Waals surface area contributed by atoms with Gasteiger partial charge in [0.05, 0.1) is 29.2 Å². The topological polar surface area (TPSA) is 117 Å². The van der Waals surface area contributed by atoms with Crippen molar-refractivity contribution in [2.24, 2.45) is 0 Å². The van der Waals surface area contributed by atoms with E-state index in [0.717, 1.165) is 39.7 Å².